The van der Waals surface area contributed by atoms with Crippen LogP contribution in [0.1, 0.15) is 28.4 Å². The Morgan fingerprint density at radius 2 is 1.86 bits per heavy atom. The second-order valence-corrected chi connectivity index (χ2v) is 6.86. The van der Waals surface area contributed by atoms with Crippen molar-refractivity contribution in [1.29, 1.82) is 0 Å². The number of ether oxygens (including phenoxy) is 2. The van der Waals surface area contributed by atoms with Gasteiger partial charge >= 0.3 is 0 Å². The molecule has 148 valence electrons. The Hall–Kier alpha value is -3.54. The number of hydrogen-bond donors (Lipinski definition) is 2. The first kappa shape index (κ1) is 18.8. The van der Waals surface area contributed by atoms with Crippen molar-refractivity contribution in [2.45, 2.75) is 20.3 Å². The zero-order chi connectivity index (χ0) is 20.2. The molecule has 0 unspecified atom stereocenters. The molecule has 0 spiro atoms. The summed E-state index contributed by atoms with van der Waals surface area (Å²) in [5.74, 6) is 1.08. The van der Waals surface area contributed by atoms with Crippen LogP contribution in [0.4, 0.5) is 17.1 Å². The summed E-state index contributed by atoms with van der Waals surface area (Å²) in [5, 5.41) is 6.30. The number of hydrogen-bond acceptors (Lipinski definition) is 5. The number of rotatable bonds is 5. The van der Waals surface area contributed by atoms with Gasteiger partial charge in [0.1, 0.15) is 13.2 Å². The van der Waals surface area contributed by atoms with Crippen LogP contribution < -0.4 is 20.1 Å². The summed E-state index contributed by atoms with van der Waals surface area (Å²) < 4.78 is 11.1. The Labute approximate surface area is 169 Å². The van der Waals surface area contributed by atoms with Crippen LogP contribution in [0.2, 0.25) is 0 Å². The summed E-state index contributed by atoms with van der Waals surface area (Å²) in [4.78, 5) is 17.0. The minimum absolute atomic E-state index is 0.238. The van der Waals surface area contributed by atoms with Gasteiger partial charge in [0.15, 0.2) is 11.5 Å². The Morgan fingerprint density at radius 3 is 2.69 bits per heavy atom. The number of nitrogens with zero attached hydrogens (tertiary/aromatic N) is 1. The molecule has 1 amide bonds. The Balaban J connectivity index is 1.52. The molecular weight excluding hydrogens is 366 g/mol. The molecule has 6 heteroatoms. The monoisotopic (exact) mass is 389 g/mol. The lowest BCUT2D eigenvalue weighted by Gasteiger charge is -2.19. The number of benzene rings is 2. The van der Waals surface area contributed by atoms with E-state index in [1.54, 1.807) is 36.7 Å². The number of carbonyl (C=O) groups is 1. The molecule has 4 rings (SSSR count). The predicted octanol–water partition coefficient (Wildman–Crippen LogP) is 4.72. The van der Waals surface area contributed by atoms with Crippen LogP contribution in [0, 0.1) is 6.92 Å². The standard InChI is InChI=1S/C23H23N3O3/c1-3-16-6-4-5-15(2)22(16)25-19-11-17(13-24-14-19)23(27)26-18-7-8-20-21(12-18)29-10-9-28-20/h4-8,11-14,25H,3,9-10H2,1-2H3,(H,26,27). The summed E-state index contributed by atoms with van der Waals surface area (Å²) in [5.41, 5.74) is 5.30. The van der Waals surface area contributed by atoms with Crippen LogP contribution in [0.3, 0.4) is 0 Å². The zero-order valence-electron chi connectivity index (χ0n) is 16.5. The van der Waals surface area contributed by atoms with E-state index >= 15 is 0 Å². The number of para-hydroxylation sites is 1. The van der Waals surface area contributed by atoms with E-state index < -0.39 is 0 Å². The molecule has 2 aromatic carbocycles. The molecule has 0 fully saturated rings. The van der Waals surface area contributed by atoms with Gasteiger partial charge in [-0.15, -0.1) is 0 Å². The summed E-state index contributed by atoms with van der Waals surface area (Å²) in [6.45, 7) is 5.22. The van der Waals surface area contributed by atoms with Gasteiger partial charge in [0.05, 0.1) is 17.4 Å². The highest BCUT2D eigenvalue weighted by molar-refractivity contribution is 6.04. The van der Waals surface area contributed by atoms with Crippen molar-refractivity contribution < 1.29 is 14.3 Å². The number of nitrogens with one attached hydrogen (secondary N) is 2. The van der Waals surface area contributed by atoms with Crippen LogP contribution in [-0.2, 0) is 6.42 Å². The quantitative estimate of drug-likeness (QED) is 0.661. The molecule has 1 aliphatic rings. The molecule has 0 aliphatic carbocycles. The summed E-state index contributed by atoms with van der Waals surface area (Å²) in [6, 6.07) is 13.4. The lowest BCUT2D eigenvalue weighted by Crippen LogP contribution is -2.16. The van der Waals surface area contributed by atoms with Gasteiger partial charge in [-0.2, -0.15) is 0 Å². The van der Waals surface area contributed by atoms with E-state index in [1.807, 2.05) is 0 Å². The highest BCUT2D eigenvalue weighted by Crippen LogP contribution is 2.33. The summed E-state index contributed by atoms with van der Waals surface area (Å²) in [6.07, 6.45) is 4.19. The molecule has 0 atom stereocenters. The summed E-state index contributed by atoms with van der Waals surface area (Å²) >= 11 is 0. The number of amides is 1. The van der Waals surface area contributed by atoms with Crippen LogP contribution in [0.15, 0.2) is 54.9 Å². The molecule has 2 N–H and O–H groups in total. The Bertz CT molecular complexity index is 1050. The van der Waals surface area contributed by atoms with E-state index in [0.717, 1.165) is 23.4 Å². The number of pyridine rings is 1. The summed E-state index contributed by atoms with van der Waals surface area (Å²) in [7, 11) is 0. The van der Waals surface area contributed by atoms with Gasteiger partial charge in [-0.3, -0.25) is 9.78 Å². The minimum atomic E-state index is -0.238. The topological polar surface area (TPSA) is 72.5 Å². The van der Waals surface area contributed by atoms with Gasteiger partial charge in [0.2, 0.25) is 0 Å². The highest BCUT2D eigenvalue weighted by atomic mass is 16.6. The van der Waals surface area contributed by atoms with E-state index in [-0.39, 0.29) is 5.91 Å². The van der Waals surface area contributed by atoms with Crippen molar-refractivity contribution >= 4 is 23.0 Å². The number of fused-ring (bicyclic) bond motifs is 1. The van der Waals surface area contributed by atoms with E-state index in [4.69, 9.17) is 9.47 Å². The van der Waals surface area contributed by atoms with Crippen molar-refractivity contribution in [1.82, 2.24) is 4.98 Å². The molecule has 0 bridgehead atoms. The van der Waals surface area contributed by atoms with Gasteiger partial charge in [-0.1, -0.05) is 25.1 Å². The van der Waals surface area contributed by atoms with Gasteiger partial charge in [0, 0.05) is 23.6 Å². The van der Waals surface area contributed by atoms with Crippen molar-refractivity contribution in [2.24, 2.45) is 0 Å². The van der Waals surface area contributed by atoms with E-state index in [0.29, 0.717) is 36.0 Å². The van der Waals surface area contributed by atoms with Gasteiger partial charge in [0.25, 0.3) is 5.91 Å². The molecular formula is C23H23N3O3. The third kappa shape index (κ3) is 4.16. The maximum absolute atomic E-state index is 12.7. The van der Waals surface area contributed by atoms with Crippen LogP contribution in [-0.4, -0.2) is 24.1 Å². The molecule has 0 saturated carbocycles. The van der Waals surface area contributed by atoms with Crippen LogP contribution in [0.5, 0.6) is 11.5 Å². The van der Waals surface area contributed by atoms with Crippen molar-refractivity contribution in [3.63, 3.8) is 0 Å². The van der Waals surface area contributed by atoms with E-state index in [2.05, 4.69) is 47.7 Å². The number of anilines is 3. The smallest absolute Gasteiger partial charge is 0.257 e. The third-order valence-corrected chi connectivity index (χ3v) is 4.81. The Morgan fingerprint density at radius 1 is 1.03 bits per heavy atom. The molecule has 29 heavy (non-hydrogen) atoms. The van der Waals surface area contributed by atoms with Crippen molar-refractivity contribution in [2.75, 3.05) is 23.8 Å². The fourth-order valence-electron chi connectivity index (χ4n) is 3.30. The fourth-order valence-corrected chi connectivity index (χ4v) is 3.30. The molecule has 1 aliphatic heterocycles. The number of carbonyl (C=O) groups excluding carboxylic acids is 1. The predicted molar refractivity (Wildman–Crippen MR) is 113 cm³/mol. The maximum atomic E-state index is 12.7. The third-order valence-electron chi connectivity index (χ3n) is 4.81. The molecule has 0 saturated heterocycles. The Kier molecular flexibility index (Phi) is 5.33. The van der Waals surface area contributed by atoms with Crippen molar-refractivity contribution in [3.05, 3.63) is 71.5 Å². The van der Waals surface area contributed by atoms with E-state index in [1.165, 1.54) is 5.56 Å². The second-order valence-electron chi connectivity index (χ2n) is 6.86. The molecule has 2 heterocycles. The largest absolute Gasteiger partial charge is 0.486 e. The molecule has 3 aromatic rings. The van der Waals surface area contributed by atoms with Crippen molar-refractivity contribution in [3.8, 4) is 11.5 Å². The average Bonchev–Trinajstić information content (AvgIpc) is 2.75. The second kappa shape index (κ2) is 8.22. The van der Waals surface area contributed by atoms with Gasteiger partial charge < -0.3 is 20.1 Å². The lowest BCUT2D eigenvalue weighted by atomic mass is 10.1. The molecule has 1 aromatic heterocycles. The maximum Gasteiger partial charge on any atom is 0.257 e. The first-order chi connectivity index (χ1) is 14.1. The molecule has 6 nitrogen and oxygen atoms in total. The van der Waals surface area contributed by atoms with Crippen LogP contribution in [0.25, 0.3) is 0 Å². The molecule has 0 radical (unpaired) electrons. The normalized spacial score (nSPS) is 12.3. The lowest BCUT2D eigenvalue weighted by molar-refractivity contribution is 0.102. The zero-order valence-corrected chi connectivity index (χ0v) is 16.5. The fraction of sp³-hybridized carbons (Fsp3) is 0.217. The van der Waals surface area contributed by atoms with E-state index in [9.17, 15) is 4.79 Å². The first-order valence-electron chi connectivity index (χ1n) is 9.65. The number of aromatic nitrogens is 1. The first-order valence-corrected chi connectivity index (χ1v) is 9.65. The SMILES string of the molecule is CCc1cccc(C)c1Nc1cncc(C(=O)Nc2ccc3c(c2)OCCO3)c1. The number of aryl methyl sites for hydroxylation is 2. The van der Waals surface area contributed by atoms with Gasteiger partial charge in [-0.25, -0.2) is 0 Å². The highest BCUT2D eigenvalue weighted by Gasteiger charge is 2.14. The van der Waals surface area contributed by atoms with Gasteiger partial charge in [-0.05, 0) is 42.7 Å². The minimum Gasteiger partial charge on any atom is -0.486 e. The van der Waals surface area contributed by atoms with Crippen LogP contribution >= 0.6 is 0 Å². The average molecular weight is 389 g/mol.